The zero-order chi connectivity index (χ0) is 22.1. The minimum atomic E-state index is -0.133. The zero-order valence-electron chi connectivity index (χ0n) is 17.5. The Morgan fingerprint density at radius 2 is 2.06 bits per heavy atom. The molecule has 1 aromatic carbocycles. The van der Waals surface area contributed by atoms with Crippen molar-refractivity contribution in [3.63, 3.8) is 0 Å². The summed E-state index contributed by atoms with van der Waals surface area (Å²) in [7, 11) is 0. The van der Waals surface area contributed by atoms with Crippen molar-refractivity contribution in [2.45, 2.75) is 31.8 Å². The Hall–Kier alpha value is -3.52. The van der Waals surface area contributed by atoms with Crippen LogP contribution in [0.2, 0.25) is 5.02 Å². The third kappa shape index (κ3) is 4.01. The molecule has 4 aromatic rings. The number of fused-ring (bicyclic) bond motifs is 2. The van der Waals surface area contributed by atoms with E-state index in [-0.39, 0.29) is 18.0 Å². The van der Waals surface area contributed by atoms with Crippen LogP contribution in [0, 0.1) is 0 Å². The highest BCUT2D eigenvalue weighted by atomic mass is 35.5. The summed E-state index contributed by atoms with van der Waals surface area (Å²) in [5.74, 6) is 1.46. The second-order valence-corrected chi connectivity index (χ2v) is 8.29. The molecule has 2 atom stereocenters. The van der Waals surface area contributed by atoms with Crippen molar-refractivity contribution >= 4 is 51.1 Å². The van der Waals surface area contributed by atoms with E-state index in [1.54, 1.807) is 6.20 Å². The van der Waals surface area contributed by atoms with Gasteiger partial charge in [-0.3, -0.25) is 9.78 Å². The summed E-state index contributed by atoms with van der Waals surface area (Å²) in [5, 5.41) is 11.4. The number of aromatic nitrogens is 4. The van der Waals surface area contributed by atoms with Crippen LogP contribution < -0.4 is 16.0 Å². The smallest absolute Gasteiger partial charge is 0.220 e. The van der Waals surface area contributed by atoms with Gasteiger partial charge in [-0.15, -0.1) is 0 Å². The van der Waals surface area contributed by atoms with Crippen LogP contribution in [-0.2, 0) is 4.79 Å². The minimum absolute atomic E-state index is 0.0809. The summed E-state index contributed by atoms with van der Waals surface area (Å²) in [6, 6.07) is 11.5. The fourth-order valence-corrected chi connectivity index (χ4v) is 4.21. The summed E-state index contributed by atoms with van der Waals surface area (Å²) in [4.78, 5) is 29.5. The second-order valence-electron chi connectivity index (χ2n) is 7.88. The second kappa shape index (κ2) is 8.55. The summed E-state index contributed by atoms with van der Waals surface area (Å²) >= 11 is 6.41. The van der Waals surface area contributed by atoms with Gasteiger partial charge in [0, 0.05) is 36.2 Å². The number of rotatable bonds is 6. The fraction of sp³-hybridized carbons (Fsp3) is 0.261. The fourth-order valence-electron chi connectivity index (χ4n) is 3.98. The van der Waals surface area contributed by atoms with Crippen LogP contribution in [0.4, 0.5) is 11.6 Å². The van der Waals surface area contributed by atoms with Gasteiger partial charge in [-0.05, 0) is 37.6 Å². The van der Waals surface area contributed by atoms with Gasteiger partial charge in [-0.1, -0.05) is 23.7 Å². The SMILES string of the molecule is C[C@H](Nc1ncnc2cccnc12)c1cc2cccc(Cl)c2nc1NC[C@@H]1CCC(=O)N1. The predicted octanol–water partition coefficient (Wildman–Crippen LogP) is 4.09. The van der Waals surface area contributed by atoms with Crippen molar-refractivity contribution in [2.75, 3.05) is 17.2 Å². The lowest BCUT2D eigenvalue weighted by atomic mass is 10.1. The van der Waals surface area contributed by atoms with Gasteiger partial charge >= 0.3 is 0 Å². The number of pyridine rings is 2. The summed E-state index contributed by atoms with van der Waals surface area (Å²) < 4.78 is 0. The molecule has 5 rings (SSSR count). The molecule has 8 nitrogen and oxygen atoms in total. The van der Waals surface area contributed by atoms with Crippen LogP contribution in [-0.4, -0.2) is 38.4 Å². The van der Waals surface area contributed by atoms with Crippen LogP contribution in [0.15, 0.2) is 48.9 Å². The van der Waals surface area contributed by atoms with Gasteiger partial charge in [0.15, 0.2) is 5.82 Å². The Morgan fingerprint density at radius 1 is 1.16 bits per heavy atom. The summed E-state index contributed by atoms with van der Waals surface area (Å²) in [6.07, 6.45) is 4.62. The van der Waals surface area contributed by atoms with E-state index in [9.17, 15) is 4.79 Å². The number of carbonyl (C=O) groups is 1. The van der Waals surface area contributed by atoms with Crippen molar-refractivity contribution in [1.29, 1.82) is 0 Å². The van der Waals surface area contributed by atoms with E-state index in [0.717, 1.165) is 34.2 Å². The highest BCUT2D eigenvalue weighted by Crippen LogP contribution is 2.31. The van der Waals surface area contributed by atoms with Crippen LogP contribution in [0.25, 0.3) is 21.9 Å². The Balaban J connectivity index is 1.49. The lowest BCUT2D eigenvalue weighted by molar-refractivity contribution is -0.119. The van der Waals surface area contributed by atoms with Crippen LogP contribution >= 0.6 is 11.6 Å². The number of amides is 1. The molecule has 0 spiro atoms. The third-order valence-electron chi connectivity index (χ3n) is 5.64. The van der Waals surface area contributed by atoms with Crippen molar-refractivity contribution < 1.29 is 4.79 Å². The topological polar surface area (TPSA) is 105 Å². The molecule has 32 heavy (non-hydrogen) atoms. The summed E-state index contributed by atoms with van der Waals surface area (Å²) in [6.45, 7) is 2.64. The van der Waals surface area contributed by atoms with Crippen LogP contribution in [0.5, 0.6) is 0 Å². The molecule has 0 aliphatic carbocycles. The van der Waals surface area contributed by atoms with Gasteiger partial charge in [0.2, 0.25) is 5.91 Å². The first-order valence-corrected chi connectivity index (χ1v) is 10.9. The number of halogens is 1. The molecule has 1 aliphatic rings. The van der Waals surface area contributed by atoms with E-state index >= 15 is 0 Å². The van der Waals surface area contributed by atoms with Crippen molar-refractivity contribution in [3.8, 4) is 0 Å². The molecule has 0 bridgehead atoms. The monoisotopic (exact) mass is 447 g/mol. The van der Waals surface area contributed by atoms with Gasteiger partial charge in [0.25, 0.3) is 0 Å². The van der Waals surface area contributed by atoms with E-state index in [4.69, 9.17) is 16.6 Å². The molecule has 1 amide bonds. The molecule has 3 aromatic heterocycles. The first-order chi connectivity index (χ1) is 15.6. The molecular formula is C23H22ClN7O. The highest BCUT2D eigenvalue weighted by molar-refractivity contribution is 6.35. The van der Waals surface area contributed by atoms with Crippen LogP contribution in [0.3, 0.4) is 0 Å². The van der Waals surface area contributed by atoms with Gasteiger partial charge in [-0.25, -0.2) is 15.0 Å². The number of hydrogen-bond donors (Lipinski definition) is 3. The van der Waals surface area contributed by atoms with E-state index in [1.165, 1.54) is 6.33 Å². The molecule has 3 N–H and O–H groups in total. The Kier molecular flexibility index (Phi) is 5.45. The number of carbonyl (C=O) groups excluding carboxylic acids is 1. The third-order valence-corrected chi connectivity index (χ3v) is 5.95. The average Bonchev–Trinajstić information content (AvgIpc) is 3.23. The van der Waals surface area contributed by atoms with Crippen molar-refractivity contribution in [1.82, 2.24) is 25.3 Å². The molecule has 0 saturated carbocycles. The Bertz CT molecular complexity index is 1310. The zero-order valence-corrected chi connectivity index (χ0v) is 18.2. The van der Waals surface area contributed by atoms with E-state index < -0.39 is 0 Å². The molecule has 162 valence electrons. The molecule has 0 unspecified atom stereocenters. The van der Waals surface area contributed by atoms with E-state index in [0.29, 0.717) is 29.3 Å². The first kappa shape index (κ1) is 20.4. The number of anilines is 2. The predicted molar refractivity (Wildman–Crippen MR) is 126 cm³/mol. The van der Waals surface area contributed by atoms with Gasteiger partial charge < -0.3 is 16.0 Å². The number of nitrogens with zero attached hydrogens (tertiary/aromatic N) is 4. The van der Waals surface area contributed by atoms with Crippen molar-refractivity contribution in [2.24, 2.45) is 0 Å². The maximum absolute atomic E-state index is 11.6. The lowest BCUT2D eigenvalue weighted by Crippen LogP contribution is -2.32. The minimum Gasteiger partial charge on any atom is -0.368 e. The first-order valence-electron chi connectivity index (χ1n) is 10.5. The lowest BCUT2D eigenvalue weighted by Gasteiger charge is -2.21. The number of hydrogen-bond acceptors (Lipinski definition) is 7. The normalized spacial score (nSPS) is 16.8. The number of nitrogens with one attached hydrogen (secondary N) is 3. The largest absolute Gasteiger partial charge is 0.368 e. The maximum atomic E-state index is 11.6. The summed E-state index contributed by atoms with van der Waals surface area (Å²) in [5.41, 5.74) is 3.18. The number of para-hydroxylation sites is 1. The Morgan fingerprint density at radius 3 is 2.91 bits per heavy atom. The average molecular weight is 448 g/mol. The van der Waals surface area contributed by atoms with E-state index in [1.807, 2.05) is 37.3 Å². The van der Waals surface area contributed by atoms with Gasteiger partial charge in [0.05, 0.1) is 22.1 Å². The van der Waals surface area contributed by atoms with Crippen molar-refractivity contribution in [3.05, 3.63) is 59.5 Å². The molecule has 1 fully saturated rings. The van der Waals surface area contributed by atoms with Gasteiger partial charge in [0.1, 0.15) is 17.7 Å². The highest BCUT2D eigenvalue weighted by Gasteiger charge is 2.22. The molecule has 9 heteroatoms. The quantitative estimate of drug-likeness (QED) is 0.409. The maximum Gasteiger partial charge on any atom is 0.220 e. The molecule has 4 heterocycles. The van der Waals surface area contributed by atoms with Crippen LogP contribution in [0.1, 0.15) is 31.4 Å². The molecule has 1 aliphatic heterocycles. The Labute approximate surface area is 189 Å². The van der Waals surface area contributed by atoms with E-state index in [2.05, 4.69) is 37.0 Å². The molecule has 0 radical (unpaired) electrons. The standard InChI is InChI=1S/C23H22ClN7O/c1-13(29-23-21-18(27-12-28-23)6-3-9-25-21)16-10-14-4-2-5-17(24)20(14)31-22(16)26-11-15-7-8-19(32)30-15/h2-6,9-10,12-13,15H,7-8,11H2,1H3,(H,26,31)(H,30,32)(H,27,28,29)/t13-,15-/m0/s1. The molecular weight excluding hydrogens is 426 g/mol. The van der Waals surface area contributed by atoms with Gasteiger partial charge in [-0.2, -0.15) is 0 Å². The number of benzene rings is 1. The molecule has 1 saturated heterocycles.